The summed E-state index contributed by atoms with van der Waals surface area (Å²) in [6, 6.07) is -0.0183. The van der Waals surface area contributed by atoms with Crippen molar-refractivity contribution in [3.8, 4) is 0 Å². The van der Waals surface area contributed by atoms with Crippen LogP contribution < -0.4 is 11.1 Å². The van der Waals surface area contributed by atoms with E-state index in [9.17, 15) is 4.79 Å². The maximum absolute atomic E-state index is 11.9. The van der Waals surface area contributed by atoms with Gasteiger partial charge in [0.15, 0.2) is 0 Å². The van der Waals surface area contributed by atoms with Gasteiger partial charge in [-0.3, -0.25) is 4.79 Å². The molecule has 0 aliphatic heterocycles. The number of hydrogen-bond donors (Lipinski definition) is 2. The first kappa shape index (κ1) is 11.5. The molecule has 1 amide bonds. The third kappa shape index (κ3) is 2.10. The van der Waals surface area contributed by atoms with Crippen molar-refractivity contribution in [2.24, 2.45) is 11.1 Å². The molecule has 3 N–H and O–H groups in total. The van der Waals surface area contributed by atoms with Gasteiger partial charge in [0, 0.05) is 17.6 Å². The van der Waals surface area contributed by atoms with E-state index in [1.54, 1.807) is 11.3 Å². The molecule has 1 heterocycles. The molecule has 1 aromatic heterocycles. The smallest absolute Gasteiger partial charge is 0.228 e. The number of amides is 1. The zero-order chi connectivity index (χ0) is 11.8. The minimum Gasteiger partial charge on any atom is -0.347 e. The van der Waals surface area contributed by atoms with Crippen molar-refractivity contribution in [2.45, 2.75) is 32.7 Å². The van der Waals surface area contributed by atoms with E-state index in [2.05, 4.69) is 10.3 Å². The molecule has 88 valence electrons. The van der Waals surface area contributed by atoms with Crippen LogP contribution in [0.15, 0.2) is 5.38 Å². The summed E-state index contributed by atoms with van der Waals surface area (Å²) in [6.45, 7) is 4.36. The van der Waals surface area contributed by atoms with Gasteiger partial charge >= 0.3 is 0 Å². The van der Waals surface area contributed by atoms with Crippen molar-refractivity contribution in [3.63, 3.8) is 0 Å². The molecule has 0 spiro atoms. The Balaban J connectivity index is 1.97. The third-order valence-electron chi connectivity index (χ3n) is 3.08. The average molecular weight is 239 g/mol. The van der Waals surface area contributed by atoms with Gasteiger partial charge in [-0.25, -0.2) is 4.98 Å². The maximum atomic E-state index is 11.9. The summed E-state index contributed by atoms with van der Waals surface area (Å²) in [5.74, 6) is 0.0790. The van der Waals surface area contributed by atoms with Gasteiger partial charge in [-0.2, -0.15) is 0 Å². The molecular weight excluding hydrogens is 222 g/mol. The number of aromatic nitrogens is 1. The Bertz CT molecular complexity index is 398. The van der Waals surface area contributed by atoms with Crippen LogP contribution in [0.5, 0.6) is 0 Å². The van der Waals surface area contributed by atoms with Gasteiger partial charge in [0.25, 0.3) is 0 Å². The van der Waals surface area contributed by atoms with Crippen LogP contribution in [0.25, 0.3) is 0 Å². The SMILES string of the molecule is Cc1csc(C(C)NC(=O)C2(CN)CC2)n1. The van der Waals surface area contributed by atoms with Gasteiger partial charge in [-0.1, -0.05) is 0 Å². The summed E-state index contributed by atoms with van der Waals surface area (Å²) in [4.78, 5) is 16.3. The van der Waals surface area contributed by atoms with Crippen LogP contribution in [0.3, 0.4) is 0 Å². The molecule has 0 saturated heterocycles. The standard InChI is InChI=1S/C11H17N3OS/c1-7-5-16-9(13-7)8(2)14-10(15)11(6-12)3-4-11/h5,8H,3-4,6,12H2,1-2H3,(H,14,15). The van der Waals surface area contributed by atoms with E-state index in [0.29, 0.717) is 6.54 Å². The fourth-order valence-electron chi connectivity index (χ4n) is 1.66. The van der Waals surface area contributed by atoms with Crippen molar-refractivity contribution in [1.29, 1.82) is 0 Å². The molecule has 16 heavy (non-hydrogen) atoms. The zero-order valence-electron chi connectivity index (χ0n) is 9.62. The Morgan fingerprint density at radius 2 is 2.44 bits per heavy atom. The predicted octanol–water partition coefficient (Wildman–Crippen LogP) is 1.37. The monoisotopic (exact) mass is 239 g/mol. The van der Waals surface area contributed by atoms with Crippen LogP contribution in [-0.4, -0.2) is 17.4 Å². The third-order valence-corrected chi connectivity index (χ3v) is 4.23. The fourth-order valence-corrected chi connectivity index (χ4v) is 2.46. The molecule has 1 aliphatic carbocycles. The Morgan fingerprint density at radius 3 is 2.88 bits per heavy atom. The highest BCUT2D eigenvalue weighted by Gasteiger charge is 2.48. The van der Waals surface area contributed by atoms with Crippen LogP contribution in [0.1, 0.15) is 36.5 Å². The molecule has 1 aromatic rings. The minimum atomic E-state index is -0.277. The summed E-state index contributed by atoms with van der Waals surface area (Å²) in [5.41, 5.74) is 6.34. The summed E-state index contributed by atoms with van der Waals surface area (Å²) in [5, 5.41) is 5.94. The summed E-state index contributed by atoms with van der Waals surface area (Å²) in [6.07, 6.45) is 1.83. The van der Waals surface area contributed by atoms with Crippen LogP contribution in [0.2, 0.25) is 0 Å². The second-order valence-electron chi connectivity index (χ2n) is 4.51. The number of aryl methyl sites for hydroxylation is 1. The Hall–Kier alpha value is -0.940. The molecule has 4 nitrogen and oxygen atoms in total. The van der Waals surface area contributed by atoms with E-state index in [0.717, 1.165) is 23.5 Å². The van der Waals surface area contributed by atoms with Crippen LogP contribution in [0.4, 0.5) is 0 Å². The molecule has 1 fully saturated rings. The van der Waals surface area contributed by atoms with E-state index in [4.69, 9.17) is 5.73 Å². The van der Waals surface area contributed by atoms with Gasteiger partial charge in [0.2, 0.25) is 5.91 Å². The van der Waals surface area contributed by atoms with Gasteiger partial charge in [0.1, 0.15) is 5.01 Å². The van der Waals surface area contributed by atoms with Gasteiger partial charge in [-0.05, 0) is 26.7 Å². The lowest BCUT2D eigenvalue weighted by Crippen LogP contribution is -2.37. The van der Waals surface area contributed by atoms with E-state index < -0.39 is 0 Å². The number of nitrogens with two attached hydrogens (primary N) is 1. The van der Waals surface area contributed by atoms with Crippen molar-refractivity contribution >= 4 is 17.2 Å². The van der Waals surface area contributed by atoms with E-state index in [-0.39, 0.29) is 17.4 Å². The summed E-state index contributed by atoms with van der Waals surface area (Å²) < 4.78 is 0. The molecule has 1 aliphatic rings. The number of rotatable bonds is 4. The fraction of sp³-hybridized carbons (Fsp3) is 0.636. The largest absolute Gasteiger partial charge is 0.347 e. The average Bonchev–Trinajstić information content (AvgIpc) is 2.95. The highest BCUT2D eigenvalue weighted by atomic mass is 32.1. The molecule has 1 atom stereocenters. The number of nitrogens with one attached hydrogen (secondary N) is 1. The molecule has 1 unspecified atom stereocenters. The van der Waals surface area contributed by atoms with Crippen molar-refractivity contribution < 1.29 is 4.79 Å². The van der Waals surface area contributed by atoms with Gasteiger partial charge in [0.05, 0.1) is 11.5 Å². The highest BCUT2D eigenvalue weighted by molar-refractivity contribution is 7.09. The number of carbonyl (C=O) groups is 1. The second-order valence-corrected chi connectivity index (χ2v) is 5.40. The molecule has 0 bridgehead atoms. The lowest BCUT2D eigenvalue weighted by atomic mass is 10.1. The van der Waals surface area contributed by atoms with E-state index >= 15 is 0 Å². The minimum absolute atomic E-state index is 0.0183. The van der Waals surface area contributed by atoms with Crippen LogP contribution in [-0.2, 0) is 4.79 Å². The Labute approximate surface area is 99.3 Å². The maximum Gasteiger partial charge on any atom is 0.228 e. The predicted molar refractivity (Wildman–Crippen MR) is 64.1 cm³/mol. The first-order valence-corrected chi connectivity index (χ1v) is 6.38. The Morgan fingerprint density at radius 1 is 1.75 bits per heavy atom. The van der Waals surface area contributed by atoms with Gasteiger partial charge < -0.3 is 11.1 Å². The highest BCUT2D eigenvalue weighted by Crippen LogP contribution is 2.45. The topological polar surface area (TPSA) is 68.0 Å². The van der Waals surface area contributed by atoms with Crippen LogP contribution >= 0.6 is 11.3 Å². The normalized spacial score (nSPS) is 19.2. The quantitative estimate of drug-likeness (QED) is 0.833. The lowest BCUT2D eigenvalue weighted by Gasteiger charge is -2.16. The van der Waals surface area contributed by atoms with Crippen molar-refractivity contribution in [2.75, 3.05) is 6.54 Å². The van der Waals surface area contributed by atoms with Crippen LogP contribution in [0, 0.1) is 12.3 Å². The van der Waals surface area contributed by atoms with E-state index in [1.807, 2.05) is 19.2 Å². The molecule has 5 heteroatoms. The number of nitrogens with zero attached hydrogens (tertiary/aromatic N) is 1. The van der Waals surface area contributed by atoms with Crippen molar-refractivity contribution in [1.82, 2.24) is 10.3 Å². The molecular formula is C11H17N3OS. The Kier molecular flexibility index (Phi) is 2.99. The van der Waals surface area contributed by atoms with Crippen molar-refractivity contribution in [3.05, 3.63) is 16.1 Å². The number of thiazole rings is 1. The summed E-state index contributed by atoms with van der Waals surface area (Å²) in [7, 11) is 0. The first-order valence-electron chi connectivity index (χ1n) is 5.50. The second kappa shape index (κ2) is 4.14. The molecule has 0 aromatic carbocycles. The first-order chi connectivity index (χ1) is 7.57. The van der Waals surface area contributed by atoms with Gasteiger partial charge in [-0.15, -0.1) is 11.3 Å². The molecule has 2 rings (SSSR count). The van der Waals surface area contributed by atoms with E-state index in [1.165, 1.54) is 0 Å². The number of hydrogen-bond acceptors (Lipinski definition) is 4. The summed E-state index contributed by atoms with van der Waals surface area (Å²) >= 11 is 1.58. The number of carbonyl (C=O) groups excluding carboxylic acids is 1. The molecule has 1 saturated carbocycles. The molecule has 0 radical (unpaired) electrons. The lowest BCUT2D eigenvalue weighted by molar-refractivity contribution is -0.126. The zero-order valence-corrected chi connectivity index (χ0v) is 10.4.